The Morgan fingerprint density at radius 2 is 1.96 bits per heavy atom. The number of anilines is 1. The first-order chi connectivity index (χ1) is 12.6. The highest BCUT2D eigenvalue weighted by Gasteiger charge is 2.25. The lowest BCUT2D eigenvalue weighted by Gasteiger charge is -2.28. The number of amides is 1. The number of carbonyl (C=O) groups excluding carboxylic acids is 1. The number of pyridine rings is 1. The maximum absolute atomic E-state index is 12.7. The number of aromatic amines is 1. The van der Waals surface area contributed by atoms with Gasteiger partial charge in [0.1, 0.15) is 11.6 Å². The molecule has 0 unspecified atom stereocenters. The predicted octanol–water partition coefficient (Wildman–Crippen LogP) is 1.61. The van der Waals surface area contributed by atoms with Crippen molar-refractivity contribution in [2.75, 3.05) is 12.3 Å². The van der Waals surface area contributed by atoms with Crippen LogP contribution in [0.1, 0.15) is 21.6 Å². The van der Waals surface area contributed by atoms with E-state index in [9.17, 15) is 9.59 Å². The van der Waals surface area contributed by atoms with E-state index in [4.69, 9.17) is 5.73 Å². The van der Waals surface area contributed by atoms with Crippen LogP contribution in [0, 0.1) is 0 Å². The second-order valence-corrected chi connectivity index (χ2v) is 6.15. The van der Waals surface area contributed by atoms with Crippen molar-refractivity contribution in [2.45, 2.75) is 13.0 Å². The van der Waals surface area contributed by atoms with E-state index in [2.05, 4.69) is 15.0 Å². The largest absolute Gasteiger partial charge is 0.384 e. The molecule has 1 aliphatic rings. The van der Waals surface area contributed by atoms with E-state index in [1.54, 1.807) is 17.0 Å². The molecule has 0 spiro atoms. The number of H-pyrrole nitrogens is 1. The maximum Gasteiger partial charge on any atom is 0.255 e. The number of aromatic nitrogens is 3. The smallest absolute Gasteiger partial charge is 0.255 e. The van der Waals surface area contributed by atoms with Crippen LogP contribution in [0.4, 0.5) is 5.82 Å². The molecule has 1 aliphatic heterocycles. The number of benzene rings is 1. The number of nitrogens with one attached hydrogen (secondary N) is 1. The molecule has 0 atom stereocenters. The lowest BCUT2D eigenvalue weighted by atomic mass is 10.0. The van der Waals surface area contributed by atoms with Crippen LogP contribution in [0.5, 0.6) is 0 Å². The fraction of sp³-hybridized carbons (Fsp3) is 0.158. The first-order valence-electron chi connectivity index (χ1n) is 8.30. The summed E-state index contributed by atoms with van der Waals surface area (Å²) < 4.78 is 0. The average Bonchev–Trinajstić information content (AvgIpc) is 2.68. The summed E-state index contributed by atoms with van der Waals surface area (Å²) in [6.45, 7) is 0.758. The quantitative estimate of drug-likeness (QED) is 0.733. The molecule has 26 heavy (non-hydrogen) atoms. The van der Waals surface area contributed by atoms with Gasteiger partial charge in [-0.25, -0.2) is 9.97 Å². The zero-order chi connectivity index (χ0) is 18.1. The van der Waals surface area contributed by atoms with E-state index >= 15 is 0 Å². The molecule has 0 aliphatic carbocycles. The molecule has 3 aromatic rings. The number of nitrogens with two attached hydrogens (primary N) is 1. The van der Waals surface area contributed by atoms with Crippen LogP contribution in [-0.2, 0) is 13.0 Å². The third kappa shape index (κ3) is 2.95. The second-order valence-electron chi connectivity index (χ2n) is 6.15. The second kappa shape index (κ2) is 6.44. The lowest BCUT2D eigenvalue weighted by molar-refractivity contribution is 0.0731. The van der Waals surface area contributed by atoms with Gasteiger partial charge < -0.3 is 15.6 Å². The van der Waals surface area contributed by atoms with Crippen LogP contribution in [0.25, 0.3) is 11.4 Å². The number of rotatable bonds is 2. The Labute approximate surface area is 149 Å². The molecule has 1 amide bonds. The molecule has 2 aromatic heterocycles. The summed E-state index contributed by atoms with van der Waals surface area (Å²) in [6.07, 6.45) is 1.94. The minimum absolute atomic E-state index is 0.143. The van der Waals surface area contributed by atoms with Gasteiger partial charge in [-0.1, -0.05) is 30.3 Å². The monoisotopic (exact) mass is 347 g/mol. The van der Waals surface area contributed by atoms with E-state index in [-0.39, 0.29) is 11.5 Å². The van der Waals surface area contributed by atoms with E-state index in [1.165, 1.54) is 6.20 Å². The molecular formula is C19H17N5O2. The van der Waals surface area contributed by atoms with E-state index < -0.39 is 0 Å². The van der Waals surface area contributed by atoms with Crippen molar-refractivity contribution in [3.05, 3.63) is 75.8 Å². The van der Waals surface area contributed by atoms with Gasteiger partial charge in [-0.05, 0) is 18.6 Å². The molecule has 3 heterocycles. The number of nitrogen functional groups attached to an aromatic ring is 1. The van der Waals surface area contributed by atoms with Gasteiger partial charge in [0.2, 0.25) is 0 Å². The highest BCUT2D eigenvalue weighted by Crippen LogP contribution is 2.20. The van der Waals surface area contributed by atoms with Gasteiger partial charge in [-0.3, -0.25) is 9.59 Å². The Morgan fingerprint density at radius 1 is 1.15 bits per heavy atom. The van der Waals surface area contributed by atoms with Crippen molar-refractivity contribution in [3.63, 3.8) is 0 Å². The predicted molar refractivity (Wildman–Crippen MR) is 97.4 cm³/mol. The third-order valence-corrected chi connectivity index (χ3v) is 4.44. The number of nitrogens with zero attached hydrogens (tertiary/aromatic N) is 3. The molecule has 0 radical (unpaired) electrons. The van der Waals surface area contributed by atoms with Gasteiger partial charge in [-0.15, -0.1) is 0 Å². The Morgan fingerprint density at radius 3 is 2.69 bits per heavy atom. The molecule has 0 bridgehead atoms. The zero-order valence-corrected chi connectivity index (χ0v) is 14.0. The van der Waals surface area contributed by atoms with Gasteiger partial charge in [0, 0.05) is 23.9 Å². The minimum atomic E-state index is -0.147. The molecule has 7 nitrogen and oxygen atoms in total. The van der Waals surface area contributed by atoms with Crippen LogP contribution < -0.4 is 11.3 Å². The van der Waals surface area contributed by atoms with Gasteiger partial charge in [-0.2, -0.15) is 0 Å². The molecule has 0 fully saturated rings. The molecule has 7 heteroatoms. The highest BCUT2D eigenvalue weighted by atomic mass is 16.2. The van der Waals surface area contributed by atoms with Crippen LogP contribution in [0.15, 0.2) is 53.5 Å². The van der Waals surface area contributed by atoms with Crippen molar-refractivity contribution in [3.8, 4) is 11.4 Å². The summed E-state index contributed by atoms with van der Waals surface area (Å²) in [5.74, 6) is 0.732. The van der Waals surface area contributed by atoms with Gasteiger partial charge in [0.25, 0.3) is 11.5 Å². The fourth-order valence-electron chi connectivity index (χ4n) is 3.06. The summed E-state index contributed by atoms with van der Waals surface area (Å²) >= 11 is 0. The zero-order valence-electron chi connectivity index (χ0n) is 14.0. The number of hydrogen-bond donors (Lipinski definition) is 2. The Kier molecular flexibility index (Phi) is 3.96. The van der Waals surface area contributed by atoms with Gasteiger partial charge in [0.05, 0.1) is 17.8 Å². The highest BCUT2D eigenvalue weighted by molar-refractivity contribution is 5.94. The Bertz CT molecular complexity index is 1010. The van der Waals surface area contributed by atoms with Crippen LogP contribution in [-0.4, -0.2) is 32.3 Å². The Balaban J connectivity index is 1.65. The SMILES string of the molecule is Nc1ccc(C(=O)N2CCc3c(nc(-c4ccccc4)[nH]c3=O)C2)cn1. The van der Waals surface area contributed by atoms with E-state index in [0.29, 0.717) is 48.0 Å². The van der Waals surface area contributed by atoms with E-state index in [0.717, 1.165) is 5.56 Å². The summed E-state index contributed by atoms with van der Waals surface area (Å²) in [5, 5.41) is 0. The number of fused-ring (bicyclic) bond motifs is 1. The molecular weight excluding hydrogens is 330 g/mol. The Hall–Kier alpha value is -3.48. The molecule has 4 rings (SSSR count). The van der Waals surface area contributed by atoms with E-state index in [1.807, 2.05) is 30.3 Å². The average molecular weight is 347 g/mol. The van der Waals surface area contributed by atoms with Crippen LogP contribution in [0.2, 0.25) is 0 Å². The van der Waals surface area contributed by atoms with Crippen molar-refractivity contribution in [1.29, 1.82) is 0 Å². The molecule has 1 aromatic carbocycles. The normalized spacial score (nSPS) is 13.3. The summed E-state index contributed by atoms with van der Waals surface area (Å²) in [4.78, 5) is 38.2. The summed E-state index contributed by atoms with van der Waals surface area (Å²) in [6, 6.07) is 12.7. The maximum atomic E-state index is 12.7. The minimum Gasteiger partial charge on any atom is -0.384 e. The van der Waals surface area contributed by atoms with Crippen molar-refractivity contribution in [2.24, 2.45) is 0 Å². The van der Waals surface area contributed by atoms with Crippen molar-refractivity contribution >= 4 is 11.7 Å². The van der Waals surface area contributed by atoms with Crippen molar-refractivity contribution in [1.82, 2.24) is 19.9 Å². The summed E-state index contributed by atoms with van der Waals surface area (Å²) in [5.41, 5.74) is 8.01. The lowest BCUT2D eigenvalue weighted by Crippen LogP contribution is -2.39. The standard InChI is InChI=1S/C19H17N5O2/c20-16-7-6-13(10-21-16)19(26)24-9-8-14-15(11-24)22-17(23-18(14)25)12-4-2-1-3-5-12/h1-7,10H,8-9,11H2,(H2,20,21)(H,22,23,25). The van der Waals surface area contributed by atoms with Gasteiger partial charge in [0.15, 0.2) is 0 Å². The number of carbonyl (C=O) groups is 1. The first kappa shape index (κ1) is 16.0. The molecule has 0 saturated carbocycles. The topological polar surface area (TPSA) is 105 Å². The molecule has 3 N–H and O–H groups in total. The van der Waals surface area contributed by atoms with Crippen molar-refractivity contribution < 1.29 is 4.79 Å². The van der Waals surface area contributed by atoms with Gasteiger partial charge >= 0.3 is 0 Å². The molecule has 130 valence electrons. The van der Waals surface area contributed by atoms with Crippen LogP contribution >= 0.6 is 0 Å². The first-order valence-corrected chi connectivity index (χ1v) is 8.30. The van der Waals surface area contributed by atoms with Crippen LogP contribution in [0.3, 0.4) is 0 Å². The molecule has 0 saturated heterocycles. The number of hydrogen-bond acceptors (Lipinski definition) is 5. The summed E-state index contributed by atoms with van der Waals surface area (Å²) in [7, 11) is 0. The fourth-order valence-corrected chi connectivity index (χ4v) is 3.06. The third-order valence-electron chi connectivity index (χ3n) is 4.44.